The van der Waals surface area contributed by atoms with Crippen LogP contribution in [0, 0.1) is 0 Å². The smallest absolute Gasteiger partial charge is 0.266 e. The van der Waals surface area contributed by atoms with Gasteiger partial charge < -0.3 is 0 Å². The Balaban J connectivity index is 2.42. The Morgan fingerprint density at radius 1 is 1.24 bits per heavy atom. The third-order valence-electron chi connectivity index (χ3n) is 2.33. The first-order valence-electron chi connectivity index (χ1n) is 4.80. The van der Waals surface area contributed by atoms with Crippen molar-refractivity contribution in [2.24, 2.45) is 0 Å². The molecule has 0 unspecified atom stereocenters. The Morgan fingerprint density at radius 3 is 2.82 bits per heavy atom. The largest absolute Gasteiger partial charge is 0.291 e. The molecule has 84 valence electrons. The van der Waals surface area contributed by atoms with Crippen LogP contribution in [0.5, 0.6) is 0 Å². The summed E-state index contributed by atoms with van der Waals surface area (Å²) in [6, 6.07) is 6.53. The van der Waals surface area contributed by atoms with Crippen molar-refractivity contribution in [2.75, 3.05) is 0 Å². The van der Waals surface area contributed by atoms with Gasteiger partial charge in [0.1, 0.15) is 12.7 Å². The van der Waals surface area contributed by atoms with E-state index < -0.39 is 5.56 Å². The third kappa shape index (κ3) is 1.40. The lowest BCUT2D eigenvalue weighted by molar-refractivity contribution is 0.340. The summed E-state index contributed by atoms with van der Waals surface area (Å²) >= 11 is 0. The van der Waals surface area contributed by atoms with E-state index in [9.17, 15) is 9.28 Å². The van der Waals surface area contributed by atoms with Crippen LogP contribution in [-0.4, -0.2) is 24.5 Å². The predicted octanol–water partition coefficient (Wildman–Crippen LogP) is 0.710. The third-order valence-corrected chi connectivity index (χ3v) is 2.33. The van der Waals surface area contributed by atoms with Gasteiger partial charge in [-0.05, 0) is 12.1 Å². The SMILES string of the molecule is O=c1c2ccccc2nc(-n2cncn2)n1F. The lowest BCUT2D eigenvalue weighted by Gasteiger charge is -2.04. The number of halogens is 1. The Kier molecular flexibility index (Phi) is 1.97. The fraction of sp³-hybridized carbons (Fsp3) is 0. The maximum Gasteiger partial charge on any atom is 0.291 e. The maximum absolute atomic E-state index is 13.7. The molecule has 6 nitrogen and oxygen atoms in total. The van der Waals surface area contributed by atoms with Gasteiger partial charge in [0.25, 0.3) is 11.5 Å². The van der Waals surface area contributed by atoms with E-state index in [1.165, 1.54) is 18.7 Å². The molecule has 0 aliphatic rings. The van der Waals surface area contributed by atoms with Gasteiger partial charge in [0.05, 0.1) is 10.9 Å². The second-order valence-electron chi connectivity index (χ2n) is 3.35. The van der Waals surface area contributed by atoms with E-state index in [1.807, 2.05) is 0 Å². The lowest BCUT2D eigenvalue weighted by atomic mass is 10.2. The normalized spacial score (nSPS) is 10.9. The van der Waals surface area contributed by atoms with Gasteiger partial charge in [0.2, 0.25) is 0 Å². The second kappa shape index (κ2) is 3.48. The monoisotopic (exact) mass is 231 g/mol. The fourth-order valence-electron chi connectivity index (χ4n) is 1.55. The highest BCUT2D eigenvalue weighted by molar-refractivity contribution is 5.77. The standard InChI is InChI=1S/C10H6FN5O/c11-16-9(17)7-3-1-2-4-8(7)14-10(16)15-6-12-5-13-15/h1-6H. The lowest BCUT2D eigenvalue weighted by Crippen LogP contribution is -2.20. The minimum atomic E-state index is -0.763. The van der Waals surface area contributed by atoms with Crippen LogP contribution in [0.2, 0.25) is 0 Å². The molecule has 0 radical (unpaired) electrons. The highest BCUT2D eigenvalue weighted by Crippen LogP contribution is 2.09. The van der Waals surface area contributed by atoms with Crippen molar-refractivity contribution in [1.82, 2.24) is 24.5 Å². The minimum absolute atomic E-state index is 0.0446. The molecular weight excluding hydrogens is 225 g/mol. The van der Waals surface area contributed by atoms with E-state index in [0.717, 1.165) is 4.68 Å². The van der Waals surface area contributed by atoms with Gasteiger partial charge in [0, 0.05) is 0 Å². The summed E-state index contributed by atoms with van der Waals surface area (Å²) < 4.78 is 14.8. The van der Waals surface area contributed by atoms with Gasteiger partial charge in [0.15, 0.2) is 0 Å². The van der Waals surface area contributed by atoms with E-state index in [-0.39, 0.29) is 16.1 Å². The number of aromatic nitrogens is 5. The number of para-hydroxylation sites is 1. The Bertz CT molecular complexity index is 734. The van der Waals surface area contributed by atoms with Crippen LogP contribution in [0.4, 0.5) is 4.48 Å². The molecule has 0 saturated heterocycles. The van der Waals surface area contributed by atoms with Gasteiger partial charge in [-0.3, -0.25) is 4.79 Å². The highest BCUT2D eigenvalue weighted by atomic mass is 19.2. The summed E-state index contributed by atoms with van der Waals surface area (Å²) in [5, 5.41) is 3.96. The first kappa shape index (κ1) is 9.64. The summed E-state index contributed by atoms with van der Waals surface area (Å²) in [6.07, 6.45) is 2.51. The molecular formula is C10H6FN5O. The van der Waals surface area contributed by atoms with Gasteiger partial charge in [-0.1, -0.05) is 16.6 Å². The molecule has 0 N–H and O–H groups in total. The van der Waals surface area contributed by atoms with Crippen LogP contribution >= 0.6 is 0 Å². The summed E-state index contributed by atoms with van der Waals surface area (Å²) in [4.78, 5) is 19.4. The zero-order valence-corrected chi connectivity index (χ0v) is 8.49. The van der Waals surface area contributed by atoms with Crippen LogP contribution in [-0.2, 0) is 0 Å². The van der Waals surface area contributed by atoms with Crippen LogP contribution in [0.25, 0.3) is 16.9 Å². The van der Waals surface area contributed by atoms with Crippen LogP contribution < -0.4 is 5.56 Å². The molecule has 2 heterocycles. The van der Waals surface area contributed by atoms with E-state index in [4.69, 9.17) is 0 Å². The molecule has 0 fully saturated rings. The van der Waals surface area contributed by atoms with Gasteiger partial charge in [-0.2, -0.15) is 9.78 Å². The molecule has 3 rings (SSSR count). The number of hydrogen-bond donors (Lipinski definition) is 0. The quantitative estimate of drug-likeness (QED) is 0.618. The number of fused-ring (bicyclic) bond motifs is 1. The Labute approximate surface area is 93.9 Å². The fourth-order valence-corrected chi connectivity index (χ4v) is 1.55. The van der Waals surface area contributed by atoms with Crippen LogP contribution in [0.1, 0.15) is 0 Å². The average molecular weight is 231 g/mol. The first-order chi connectivity index (χ1) is 8.27. The summed E-state index contributed by atoms with van der Waals surface area (Å²) in [5.74, 6) is -0.216. The van der Waals surface area contributed by atoms with Crippen molar-refractivity contribution in [3.63, 3.8) is 0 Å². The van der Waals surface area contributed by atoms with Gasteiger partial charge in [-0.15, -0.1) is 4.79 Å². The molecule has 0 aliphatic carbocycles. The maximum atomic E-state index is 13.7. The van der Waals surface area contributed by atoms with Crippen molar-refractivity contribution in [2.45, 2.75) is 0 Å². The molecule has 0 aliphatic heterocycles. The van der Waals surface area contributed by atoms with E-state index >= 15 is 0 Å². The summed E-state index contributed by atoms with van der Waals surface area (Å²) in [5.41, 5.74) is -0.349. The molecule has 17 heavy (non-hydrogen) atoms. The molecule has 2 aromatic heterocycles. The topological polar surface area (TPSA) is 65.6 Å². The van der Waals surface area contributed by atoms with Gasteiger partial charge in [-0.25, -0.2) is 9.97 Å². The Morgan fingerprint density at radius 2 is 2.06 bits per heavy atom. The molecule has 3 aromatic rings. The zero-order valence-electron chi connectivity index (χ0n) is 8.49. The Hall–Kier alpha value is -2.57. The molecule has 0 atom stereocenters. The van der Waals surface area contributed by atoms with Crippen molar-refractivity contribution in [3.8, 4) is 5.95 Å². The predicted molar refractivity (Wildman–Crippen MR) is 57.4 cm³/mol. The molecule has 1 aromatic carbocycles. The van der Waals surface area contributed by atoms with Crippen molar-refractivity contribution in [1.29, 1.82) is 0 Å². The van der Waals surface area contributed by atoms with Crippen molar-refractivity contribution >= 4 is 10.9 Å². The summed E-state index contributed by atoms with van der Waals surface area (Å²) in [6.45, 7) is 0. The molecule has 7 heteroatoms. The van der Waals surface area contributed by atoms with Crippen molar-refractivity contribution < 1.29 is 4.48 Å². The highest BCUT2D eigenvalue weighted by Gasteiger charge is 2.12. The molecule has 0 bridgehead atoms. The van der Waals surface area contributed by atoms with Crippen LogP contribution in [0.3, 0.4) is 0 Å². The molecule has 0 amide bonds. The molecule has 0 spiro atoms. The second-order valence-corrected chi connectivity index (χ2v) is 3.35. The number of rotatable bonds is 1. The van der Waals surface area contributed by atoms with Crippen molar-refractivity contribution in [3.05, 3.63) is 47.3 Å². The number of nitrogens with zero attached hydrogens (tertiary/aromatic N) is 5. The average Bonchev–Trinajstić information content (AvgIpc) is 2.87. The zero-order chi connectivity index (χ0) is 11.8. The van der Waals surface area contributed by atoms with E-state index in [2.05, 4.69) is 15.1 Å². The van der Waals surface area contributed by atoms with Gasteiger partial charge >= 0.3 is 0 Å². The van der Waals surface area contributed by atoms with Crippen LogP contribution in [0.15, 0.2) is 41.7 Å². The van der Waals surface area contributed by atoms with E-state index in [1.54, 1.807) is 18.2 Å². The number of hydrogen-bond acceptors (Lipinski definition) is 4. The number of benzene rings is 1. The van der Waals surface area contributed by atoms with E-state index in [0.29, 0.717) is 5.52 Å². The minimum Gasteiger partial charge on any atom is -0.266 e. The first-order valence-corrected chi connectivity index (χ1v) is 4.80. The molecule has 0 saturated carbocycles. The summed E-state index contributed by atoms with van der Waals surface area (Å²) in [7, 11) is 0.